The summed E-state index contributed by atoms with van der Waals surface area (Å²) in [6.07, 6.45) is 0. The van der Waals surface area contributed by atoms with E-state index in [-0.39, 0.29) is 29.7 Å². The maximum atomic E-state index is 11.5. The highest BCUT2D eigenvalue weighted by atomic mass is 35.5. The van der Waals surface area contributed by atoms with Crippen molar-refractivity contribution in [2.75, 3.05) is 7.11 Å². The summed E-state index contributed by atoms with van der Waals surface area (Å²) in [4.78, 5) is 26.3. The van der Waals surface area contributed by atoms with Crippen molar-refractivity contribution < 1.29 is 14.3 Å². The zero-order valence-electron chi connectivity index (χ0n) is 9.97. The third-order valence-corrected chi connectivity index (χ3v) is 2.06. The minimum atomic E-state index is -0.602. The van der Waals surface area contributed by atoms with Crippen LogP contribution in [0.15, 0.2) is 23.2 Å². The highest BCUT2D eigenvalue weighted by Crippen LogP contribution is 2.20. The minimum absolute atomic E-state index is 0. The predicted octanol–water partition coefficient (Wildman–Crippen LogP) is 0.733. The lowest BCUT2D eigenvalue weighted by Crippen LogP contribution is -2.24. The number of carbonyl (C=O) groups excluding carboxylic acids is 2. The van der Waals surface area contributed by atoms with E-state index in [1.165, 1.54) is 32.2 Å². The second-order valence-electron chi connectivity index (χ2n) is 3.31. The third-order valence-electron chi connectivity index (χ3n) is 2.06. The highest BCUT2D eigenvalue weighted by Gasteiger charge is 2.12. The van der Waals surface area contributed by atoms with Gasteiger partial charge in [0.1, 0.15) is 5.75 Å². The number of nitrogens with zero attached hydrogens (tertiary/aromatic N) is 1. The molecule has 1 aromatic carbocycles. The Labute approximate surface area is 110 Å². The quantitative estimate of drug-likeness (QED) is 0.479. The van der Waals surface area contributed by atoms with E-state index < -0.39 is 5.91 Å². The summed E-state index contributed by atoms with van der Waals surface area (Å²) >= 11 is 0. The van der Waals surface area contributed by atoms with Gasteiger partial charge in [0.15, 0.2) is 11.7 Å². The number of carbonyl (C=O) groups is 2. The second kappa shape index (κ2) is 6.61. The zero-order chi connectivity index (χ0) is 13.0. The number of rotatable bonds is 3. The number of Topliss-reactive ketones (excluding diaryl/α,β-unsaturated/α-hetero) is 1. The Bertz CT molecular complexity index is 496. The van der Waals surface area contributed by atoms with Crippen LogP contribution < -0.4 is 16.2 Å². The first-order valence-electron chi connectivity index (χ1n) is 4.78. The SMILES string of the molecule is COc1ccc(C(=O)N=C(N)N)cc1C(C)=O.Cl. The number of methoxy groups -OCH3 is 1. The Morgan fingerprint density at radius 1 is 1.28 bits per heavy atom. The van der Waals surface area contributed by atoms with E-state index in [9.17, 15) is 9.59 Å². The number of aliphatic imine (C=N–C) groups is 1. The summed E-state index contributed by atoms with van der Waals surface area (Å²) in [5, 5.41) is 0. The average Bonchev–Trinajstić information content (AvgIpc) is 2.27. The number of ketones is 1. The summed E-state index contributed by atoms with van der Waals surface area (Å²) in [6, 6.07) is 4.40. The zero-order valence-corrected chi connectivity index (χ0v) is 10.8. The van der Waals surface area contributed by atoms with E-state index in [2.05, 4.69) is 4.99 Å². The number of guanidine groups is 1. The van der Waals surface area contributed by atoms with Crippen molar-refractivity contribution in [3.8, 4) is 5.75 Å². The van der Waals surface area contributed by atoms with Gasteiger partial charge in [0.25, 0.3) is 5.91 Å². The molecule has 0 unspecified atom stereocenters. The van der Waals surface area contributed by atoms with Crippen LogP contribution >= 0.6 is 12.4 Å². The highest BCUT2D eigenvalue weighted by molar-refractivity contribution is 6.04. The second-order valence-corrected chi connectivity index (χ2v) is 3.31. The van der Waals surface area contributed by atoms with Crippen molar-refractivity contribution >= 4 is 30.1 Å². The van der Waals surface area contributed by atoms with E-state index in [4.69, 9.17) is 16.2 Å². The number of hydrogen-bond acceptors (Lipinski definition) is 3. The van der Waals surface area contributed by atoms with Gasteiger partial charge in [-0.3, -0.25) is 9.59 Å². The van der Waals surface area contributed by atoms with E-state index >= 15 is 0 Å². The molecule has 0 aliphatic rings. The van der Waals surface area contributed by atoms with Gasteiger partial charge in [0.05, 0.1) is 12.7 Å². The molecule has 0 aromatic heterocycles. The molecule has 0 spiro atoms. The largest absolute Gasteiger partial charge is 0.496 e. The molecular weight excluding hydrogens is 258 g/mol. The summed E-state index contributed by atoms with van der Waals surface area (Å²) < 4.78 is 5.01. The standard InChI is InChI=1S/C11H13N3O3.ClH/c1-6(15)8-5-7(3-4-9(8)17-2)10(16)14-11(12)13;/h3-5H,1-2H3,(H4,12,13,14,16);1H. The Kier molecular flexibility index (Phi) is 5.84. The molecule has 0 radical (unpaired) electrons. The normalized spacial score (nSPS) is 9.00. The van der Waals surface area contributed by atoms with Crippen molar-refractivity contribution in [2.24, 2.45) is 16.5 Å². The van der Waals surface area contributed by atoms with Gasteiger partial charge in [0, 0.05) is 5.56 Å². The van der Waals surface area contributed by atoms with Crippen molar-refractivity contribution in [1.82, 2.24) is 0 Å². The summed E-state index contributed by atoms with van der Waals surface area (Å²) in [7, 11) is 1.44. The predicted molar refractivity (Wildman–Crippen MR) is 70.4 cm³/mol. The van der Waals surface area contributed by atoms with Crippen LogP contribution in [0, 0.1) is 0 Å². The van der Waals surface area contributed by atoms with Gasteiger partial charge >= 0.3 is 0 Å². The third kappa shape index (κ3) is 3.74. The van der Waals surface area contributed by atoms with Gasteiger partial charge in [-0.2, -0.15) is 4.99 Å². The van der Waals surface area contributed by atoms with E-state index in [0.29, 0.717) is 11.3 Å². The minimum Gasteiger partial charge on any atom is -0.496 e. The molecule has 0 aliphatic heterocycles. The molecule has 4 N–H and O–H groups in total. The van der Waals surface area contributed by atoms with Gasteiger partial charge in [-0.25, -0.2) is 0 Å². The first-order chi connectivity index (χ1) is 7.95. The summed E-state index contributed by atoms with van der Waals surface area (Å²) in [6.45, 7) is 1.38. The lowest BCUT2D eigenvalue weighted by Gasteiger charge is -2.06. The average molecular weight is 272 g/mol. The van der Waals surface area contributed by atoms with Crippen molar-refractivity contribution in [2.45, 2.75) is 6.92 Å². The molecule has 0 atom stereocenters. The van der Waals surface area contributed by atoms with Gasteiger partial charge in [0.2, 0.25) is 0 Å². The maximum absolute atomic E-state index is 11.5. The van der Waals surface area contributed by atoms with Crippen LogP contribution in [0.3, 0.4) is 0 Å². The number of ether oxygens (including phenoxy) is 1. The first-order valence-corrected chi connectivity index (χ1v) is 4.78. The molecule has 0 saturated heterocycles. The Morgan fingerprint density at radius 3 is 2.33 bits per heavy atom. The number of amides is 1. The Morgan fingerprint density at radius 2 is 1.89 bits per heavy atom. The van der Waals surface area contributed by atoms with Crippen molar-refractivity contribution in [3.63, 3.8) is 0 Å². The van der Waals surface area contributed by atoms with E-state index in [1.807, 2.05) is 0 Å². The van der Waals surface area contributed by atoms with Gasteiger partial charge in [-0.05, 0) is 25.1 Å². The molecule has 0 fully saturated rings. The van der Waals surface area contributed by atoms with Crippen molar-refractivity contribution in [3.05, 3.63) is 29.3 Å². The Hall–Kier alpha value is -2.08. The number of nitrogens with two attached hydrogens (primary N) is 2. The molecule has 0 bridgehead atoms. The molecule has 6 nitrogen and oxygen atoms in total. The molecule has 1 amide bonds. The van der Waals surface area contributed by atoms with Crippen LogP contribution in [0.4, 0.5) is 0 Å². The van der Waals surface area contributed by atoms with Crippen LogP contribution in [0.25, 0.3) is 0 Å². The van der Waals surface area contributed by atoms with Gasteiger partial charge in [-0.1, -0.05) is 0 Å². The summed E-state index contributed by atoms with van der Waals surface area (Å²) in [5.74, 6) is -0.731. The van der Waals surface area contributed by atoms with Crippen LogP contribution in [-0.2, 0) is 0 Å². The van der Waals surface area contributed by atoms with Crippen LogP contribution in [-0.4, -0.2) is 24.8 Å². The van der Waals surface area contributed by atoms with E-state index in [0.717, 1.165) is 0 Å². The monoisotopic (exact) mass is 271 g/mol. The van der Waals surface area contributed by atoms with Gasteiger partial charge < -0.3 is 16.2 Å². The van der Waals surface area contributed by atoms with Crippen molar-refractivity contribution in [1.29, 1.82) is 0 Å². The van der Waals surface area contributed by atoms with Crippen LogP contribution in [0.5, 0.6) is 5.75 Å². The molecule has 1 rings (SSSR count). The fourth-order valence-electron chi connectivity index (χ4n) is 1.30. The van der Waals surface area contributed by atoms with Crippen LogP contribution in [0.1, 0.15) is 27.6 Å². The first kappa shape index (κ1) is 15.9. The molecule has 0 saturated carbocycles. The molecule has 98 valence electrons. The van der Waals surface area contributed by atoms with Crippen LogP contribution in [0.2, 0.25) is 0 Å². The number of hydrogen-bond donors (Lipinski definition) is 2. The Balaban J connectivity index is 0.00000289. The molecule has 1 aromatic rings. The molecule has 0 heterocycles. The topological polar surface area (TPSA) is 108 Å². The smallest absolute Gasteiger partial charge is 0.280 e. The fraction of sp³-hybridized carbons (Fsp3) is 0.182. The molecule has 18 heavy (non-hydrogen) atoms. The lowest BCUT2D eigenvalue weighted by atomic mass is 10.1. The molecular formula is C11H14ClN3O3. The lowest BCUT2D eigenvalue weighted by molar-refractivity contribution is 0.100. The fourth-order valence-corrected chi connectivity index (χ4v) is 1.30. The van der Waals surface area contributed by atoms with Gasteiger partial charge in [-0.15, -0.1) is 12.4 Å². The number of benzene rings is 1. The number of halogens is 1. The van der Waals surface area contributed by atoms with E-state index in [1.54, 1.807) is 0 Å². The molecule has 0 aliphatic carbocycles. The molecule has 7 heteroatoms. The summed E-state index contributed by atoms with van der Waals surface area (Å²) in [5.41, 5.74) is 10.7. The maximum Gasteiger partial charge on any atom is 0.280 e.